The van der Waals surface area contributed by atoms with E-state index in [0.717, 1.165) is 11.1 Å². The molecule has 3 rings (SSSR count). The molecule has 0 aromatic heterocycles. The van der Waals surface area contributed by atoms with Crippen LogP contribution < -0.4 is 10.6 Å². The van der Waals surface area contributed by atoms with Gasteiger partial charge in [0.2, 0.25) is 0 Å². The molecule has 0 spiro atoms. The highest BCUT2D eigenvalue weighted by atomic mass is 19.1. The number of nitrogens with zero attached hydrogens (tertiary/aromatic N) is 2. The highest BCUT2D eigenvalue weighted by Crippen LogP contribution is 2.37. The van der Waals surface area contributed by atoms with Crippen molar-refractivity contribution in [2.75, 3.05) is 25.5 Å². The van der Waals surface area contributed by atoms with Gasteiger partial charge in [0.15, 0.2) is 0 Å². The molecule has 1 saturated heterocycles. The van der Waals surface area contributed by atoms with Crippen molar-refractivity contribution < 1.29 is 14.0 Å². The molecule has 1 fully saturated rings. The van der Waals surface area contributed by atoms with Crippen LogP contribution in [0.1, 0.15) is 45.5 Å². The number of carbonyl (C=O) groups excluding carboxylic acids is 2. The van der Waals surface area contributed by atoms with Gasteiger partial charge in [-0.25, -0.2) is 9.18 Å². The number of likely N-dealkylation sites (tertiary alicyclic amines) is 1. The number of hydrogen-bond donors (Lipinski definition) is 2. The fourth-order valence-corrected chi connectivity index (χ4v) is 3.77. The maximum atomic E-state index is 15.5. The fourth-order valence-electron chi connectivity index (χ4n) is 3.77. The van der Waals surface area contributed by atoms with Crippen molar-refractivity contribution in [2.24, 2.45) is 0 Å². The zero-order chi connectivity index (χ0) is 21.9. The number of carbonyl (C=O) groups is 2. The number of anilines is 1. The lowest BCUT2D eigenvalue weighted by Gasteiger charge is -2.37. The molecule has 0 atom stereocenters. The molecule has 6 nitrogen and oxygen atoms in total. The van der Waals surface area contributed by atoms with Gasteiger partial charge >= 0.3 is 6.03 Å². The third-order valence-electron chi connectivity index (χ3n) is 5.65. The van der Waals surface area contributed by atoms with Crippen LogP contribution in [0.5, 0.6) is 0 Å². The number of urea groups is 1. The number of amides is 3. The highest BCUT2D eigenvalue weighted by molar-refractivity contribution is 5.98. The quantitative estimate of drug-likeness (QED) is 0.804. The second-order valence-corrected chi connectivity index (χ2v) is 7.63. The zero-order valence-corrected chi connectivity index (χ0v) is 17.4. The maximum Gasteiger partial charge on any atom is 0.318 e. The van der Waals surface area contributed by atoms with E-state index in [1.165, 1.54) is 7.05 Å². The lowest BCUT2D eigenvalue weighted by atomic mass is 9.85. The smallest absolute Gasteiger partial charge is 0.318 e. The van der Waals surface area contributed by atoms with Crippen molar-refractivity contribution in [1.82, 2.24) is 10.2 Å². The SMILES string of the molecule is CNC(=O)Nc1cc(C(=O)N2CCC(F)(c3ccc(C#N)cc3)CC2)c(C)cc1C. The summed E-state index contributed by atoms with van der Waals surface area (Å²) in [6.45, 7) is 4.30. The number of alkyl halides is 1. The molecule has 1 heterocycles. The lowest BCUT2D eigenvalue weighted by Crippen LogP contribution is -2.43. The summed E-state index contributed by atoms with van der Waals surface area (Å²) in [4.78, 5) is 26.4. The number of hydrogen-bond acceptors (Lipinski definition) is 3. The molecule has 7 heteroatoms. The zero-order valence-electron chi connectivity index (χ0n) is 17.4. The van der Waals surface area contributed by atoms with E-state index in [0.29, 0.717) is 35.5 Å². The Hall–Kier alpha value is -3.40. The van der Waals surface area contributed by atoms with Crippen LogP contribution in [-0.4, -0.2) is 37.0 Å². The highest BCUT2D eigenvalue weighted by Gasteiger charge is 2.38. The molecular weight excluding hydrogens is 383 g/mol. The number of nitrogens with one attached hydrogen (secondary N) is 2. The van der Waals surface area contributed by atoms with E-state index in [1.54, 1.807) is 35.2 Å². The van der Waals surface area contributed by atoms with Crippen LogP contribution in [0, 0.1) is 25.2 Å². The minimum atomic E-state index is -1.51. The van der Waals surface area contributed by atoms with Crippen molar-refractivity contribution in [2.45, 2.75) is 32.4 Å². The van der Waals surface area contributed by atoms with E-state index < -0.39 is 5.67 Å². The molecule has 1 aliphatic heterocycles. The first-order valence-corrected chi connectivity index (χ1v) is 9.86. The van der Waals surface area contributed by atoms with E-state index in [4.69, 9.17) is 5.26 Å². The van der Waals surface area contributed by atoms with E-state index in [9.17, 15) is 9.59 Å². The van der Waals surface area contributed by atoms with Crippen molar-refractivity contribution in [3.05, 3.63) is 64.2 Å². The predicted molar refractivity (Wildman–Crippen MR) is 113 cm³/mol. The molecule has 0 unspecified atom stereocenters. The number of benzene rings is 2. The molecular formula is C23H25FN4O2. The van der Waals surface area contributed by atoms with E-state index >= 15 is 4.39 Å². The van der Waals surface area contributed by atoms with Crippen LogP contribution in [0.3, 0.4) is 0 Å². The molecule has 2 aromatic carbocycles. The van der Waals surface area contributed by atoms with Gasteiger partial charge in [-0.05, 0) is 48.7 Å². The summed E-state index contributed by atoms with van der Waals surface area (Å²) in [5.41, 5.74) is 2.25. The molecule has 2 aromatic rings. The molecule has 0 radical (unpaired) electrons. The summed E-state index contributed by atoms with van der Waals surface area (Å²) in [5.74, 6) is -0.172. The van der Waals surface area contributed by atoms with Crippen molar-refractivity contribution >= 4 is 17.6 Å². The summed E-state index contributed by atoms with van der Waals surface area (Å²) < 4.78 is 15.5. The van der Waals surface area contributed by atoms with Crippen molar-refractivity contribution in [1.29, 1.82) is 5.26 Å². The molecule has 156 valence electrons. The van der Waals surface area contributed by atoms with Crippen LogP contribution in [0.15, 0.2) is 36.4 Å². The first-order valence-electron chi connectivity index (χ1n) is 9.86. The van der Waals surface area contributed by atoms with E-state index in [1.807, 2.05) is 26.0 Å². The van der Waals surface area contributed by atoms with Crippen LogP contribution in [0.4, 0.5) is 14.9 Å². The van der Waals surface area contributed by atoms with Gasteiger partial charge in [0.25, 0.3) is 5.91 Å². The van der Waals surface area contributed by atoms with E-state index in [-0.39, 0.29) is 24.8 Å². The van der Waals surface area contributed by atoms with Gasteiger partial charge < -0.3 is 15.5 Å². The molecule has 3 amide bonds. The average Bonchev–Trinajstić information content (AvgIpc) is 2.75. The first-order chi connectivity index (χ1) is 14.3. The summed E-state index contributed by atoms with van der Waals surface area (Å²) in [6, 6.07) is 11.7. The summed E-state index contributed by atoms with van der Waals surface area (Å²) >= 11 is 0. The summed E-state index contributed by atoms with van der Waals surface area (Å²) in [5, 5.41) is 14.1. The van der Waals surface area contributed by atoms with Crippen LogP contribution in [-0.2, 0) is 5.67 Å². The number of nitriles is 1. The lowest BCUT2D eigenvalue weighted by molar-refractivity contribution is 0.0421. The molecule has 0 bridgehead atoms. The van der Waals surface area contributed by atoms with Crippen molar-refractivity contribution in [3.63, 3.8) is 0 Å². The number of halogens is 1. The van der Waals surface area contributed by atoms with Gasteiger partial charge in [-0.15, -0.1) is 0 Å². The fraction of sp³-hybridized carbons (Fsp3) is 0.348. The molecule has 0 aliphatic carbocycles. The molecule has 0 saturated carbocycles. The Morgan fingerprint density at radius 1 is 1.10 bits per heavy atom. The predicted octanol–water partition coefficient (Wildman–Crippen LogP) is 4.03. The topological polar surface area (TPSA) is 85.2 Å². The summed E-state index contributed by atoms with van der Waals surface area (Å²) in [7, 11) is 1.52. The molecule has 30 heavy (non-hydrogen) atoms. The standard InChI is InChI=1S/C23H25FN4O2/c1-15-12-16(2)20(27-22(30)26-3)13-19(15)21(29)28-10-8-23(24,9-11-28)18-6-4-17(14-25)5-7-18/h4-7,12-13H,8-11H2,1-3H3,(H2,26,27,30). The third-order valence-corrected chi connectivity index (χ3v) is 5.65. The Labute approximate surface area is 175 Å². The Bertz CT molecular complexity index is 1000. The van der Waals surface area contributed by atoms with Gasteiger partial charge in [-0.2, -0.15) is 5.26 Å². The second-order valence-electron chi connectivity index (χ2n) is 7.63. The van der Waals surface area contributed by atoms with Crippen LogP contribution >= 0.6 is 0 Å². The Morgan fingerprint density at radius 3 is 2.30 bits per heavy atom. The van der Waals surface area contributed by atoms with Crippen LogP contribution in [0.25, 0.3) is 0 Å². The van der Waals surface area contributed by atoms with E-state index in [2.05, 4.69) is 10.6 Å². The average molecular weight is 408 g/mol. The number of piperidine rings is 1. The van der Waals surface area contributed by atoms with Gasteiger partial charge in [-0.1, -0.05) is 18.2 Å². The van der Waals surface area contributed by atoms with Crippen molar-refractivity contribution in [3.8, 4) is 6.07 Å². The minimum Gasteiger partial charge on any atom is -0.341 e. The minimum absolute atomic E-state index is 0.172. The monoisotopic (exact) mass is 408 g/mol. The summed E-state index contributed by atoms with van der Waals surface area (Å²) in [6.07, 6.45) is 0.387. The van der Waals surface area contributed by atoms with Gasteiger partial charge in [0, 0.05) is 44.2 Å². The Kier molecular flexibility index (Phi) is 6.06. The first kappa shape index (κ1) is 21.3. The number of rotatable bonds is 3. The maximum absolute atomic E-state index is 15.5. The molecule has 1 aliphatic rings. The van der Waals surface area contributed by atoms with Gasteiger partial charge in [0.05, 0.1) is 11.6 Å². The van der Waals surface area contributed by atoms with Gasteiger partial charge in [-0.3, -0.25) is 4.79 Å². The normalized spacial score (nSPS) is 15.2. The Morgan fingerprint density at radius 2 is 1.73 bits per heavy atom. The third kappa shape index (κ3) is 4.28. The Balaban J connectivity index is 1.75. The second kappa shape index (κ2) is 8.54. The number of aryl methyl sites for hydroxylation is 2. The molecule has 2 N–H and O–H groups in total. The van der Waals surface area contributed by atoms with Gasteiger partial charge in [0.1, 0.15) is 5.67 Å². The van der Waals surface area contributed by atoms with Crippen LogP contribution in [0.2, 0.25) is 0 Å². The largest absolute Gasteiger partial charge is 0.341 e.